The summed E-state index contributed by atoms with van der Waals surface area (Å²) in [6.45, 7) is -5.22. The van der Waals surface area contributed by atoms with Gasteiger partial charge >= 0.3 is 0 Å². The van der Waals surface area contributed by atoms with E-state index in [1.807, 2.05) is 0 Å². The molecule has 12 heavy (non-hydrogen) atoms. The summed E-state index contributed by atoms with van der Waals surface area (Å²) in [5.74, 6) is -0.162. The molecule has 0 aliphatic carbocycles. The lowest BCUT2D eigenvalue weighted by molar-refractivity contribution is 0.169. The van der Waals surface area contributed by atoms with Crippen molar-refractivity contribution in [2.45, 2.75) is 0 Å². The maximum absolute atomic E-state index is 9.38. The van der Waals surface area contributed by atoms with Crippen molar-refractivity contribution < 1.29 is 20.1 Å². The molecule has 1 aliphatic rings. The molecule has 1 heterocycles. The van der Waals surface area contributed by atoms with Crippen LogP contribution < -0.4 is 9.47 Å². The Morgan fingerprint density at radius 3 is 3.00 bits per heavy atom. The molecular formula is C8H7BrO3. The standard InChI is InChI=1S/C8H7BrO3/c9-7-5(10)1-2-6-8(7)12-4-3-11-6/h1-2,10H,3-4H2/i3D2,4D2. The highest BCUT2D eigenvalue weighted by Gasteiger charge is 2.16. The van der Waals surface area contributed by atoms with Gasteiger partial charge in [-0.05, 0) is 28.1 Å². The summed E-state index contributed by atoms with van der Waals surface area (Å²) < 4.78 is 39.3. The van der Waals surface area contributed by atoms with Crippen molar-refractivity contribution in [2.75, 3.05) is 13.1 Å². The lowest BCUT2D eigenvalue weighted by Gasteiger charge is -2.19. The van der Waals surface area contributed by atoms with E-state index >= 15 is 0 Å². The van der Waals surface area contributed by atoms with Crippen LogP contribution in [0.3, 0.4) is 0 Å². The van der Waals surface area contributed by atoms with Crippen LogP contribution in [0, 0.1) is 0 Å². The van der Waals surface area contributed by atoms with Crippen molar-refractivity contribution in [3.05, 3.63) is 16.6 Å². The first-order chi connectivity index (χ1) is 7.24. The second-order valence-electron chi connectivity index (χ2n) is 2.13. The van der Waals surface area contributed by atoms with Gasteiger partial charge in [0.2, 0.25) is 0 Å². The number of phenols is 1. The van der Waals surface area contributed by atoms with Crippen molar-refractivity contribution in [2.24, 2.45) is 0 Å². The van der Waals surface area contributed by atoms with Crippen LogP contribution in [0.4, 0.5) is 0 Å². The Hall–Kier alpha value is -0.900. The molecular weight excluding hydrogens is 224 g/mol. The van der Waals surface area contributed by atoms with Gasteiger partial charge < -0.3 is 14.6 Å². The topological polar surface area (TPSA) is 38.7 Å². The lowest BCUT2D eigenvalue weighted by Crippen LogP contribution is -2.15. The Labute approximate surface area is 83.7 Å². The zero-order chi connectivity index (χ0) is 12.1. The molecule has 0 radical (unpaired) electrons. The third kappa shape index (κ3) is 1.12. The molecule has 4 heteroatoms. The summed E-state index contributed by atoms with van der Waals surface area (Å²) in [6.07, 6.45) is 0. The third-order valence-corrected chi connectivity index (χ3v) is 2.16. The summed E-state index contributed by atoms with van der Waals surface area (Å²) in [5.41, 5.74) is 0. The van der Waals surface area contributed by atoms with Crippen LogP contribution in [0.5, 0.6) is 17.2 Å². The van der Waals surface area contributed by atoms with Gasteiger partial charge in [-0.2, -0.15) is 0 Å². The molecule has 0 fully saturated rings. The predicted molar refractivity (Wildman–Crippen MR) is 46.8 cm³/mol. The Bertz CT molecular complexity index is 449. The molecule has 1 aromatic rings. The van der Waals surface area contributed by atoms with E-state index < -0.39 is 13.1 Å². The average molecular weight is 235 g/mol. The molecule has 0 amide bonds. The number of rotatable bonds is 0. The molecule has 3 nitrogen and oxygen atoms in total. The zero-order valence-corrected chi connectivity index (χ0v) is 7.38. The van der Waals surface area contributed by atoms with E-state index in [0.717, 1.165) is 0 Å². The molecule has 0 spiro atoms. The third-order valence-electron chi connectivity index (χ3n) is 1.40. The number of hydrogen-bond acceptors (Lipinski definition) is 3. The van der Waals surface area contributed by atoms with Gasteiger partial charge in [0.15, 0.2) is 11.5 Å². The normalized spacial score (nSPS) is 27.8. The SMILES string of the molecule is [2H]C1([2H])Oc2ccc(O)c(Br)c2OC1([2H])[2H]. The monoisotopic (exact) mass is 234 g/mol. The minimum Gasteiger partial charge on any atom is -0.507 e. The number of hydrogen-bond donors (Lipinski definition) is 1. The summed E-state index contributed by atoms with van der Waals surface area (Å²) in [4.78, 5) is 0. The average Bonchev–Trinajstić information content (AvgIpc) is 2.15. The van der Waals surface area contributed by atoms with E-state index in [1.165, 1.54) is 12.1 Å². The van der Waals surface area contributed by atoms with Crippen LogP contribution in [-0.4, -0.2) is 18.2 Å². The number of phenolic OH excluding ortho intramolecular Hbond substituents is 1. The molecule has 0 bridgehead atoms. The molecule has 0 saturated heterocycles. The number of ether oxygens (including phenoxy) is 2. The highest BCUT2D eigenvalue weighted by molar-refractivity contribution is 9.10. The van der Waals surface area contributed by atoms with Crippen LogP contribution >= 0.6 is 15.9 Å². The lowest BCUT2D eigenvalue weighted by atomic mass is 10.3. The molecule has 0 saturated carbocycles. The highest BCUT2D eigenvalue weighted by atomic mass is 79.9. The zero-order valence-electron chi connectivity index (χ0n) is 9.80. The second-order valence-corrected chi connectivity index (χ2v) is 2.93. The largest absolute Gasteiger partial charge is 0.507 e. The number of fused-ring (bicyclic) bond motifs is 1. The first-order valence-corrected chi connectivity index (χ1v) is 3.93. The maximum Gasteiger partial charge on any atom is 0.179 e. The van der Waals surface area contributed by atoms with Gasteiger partial charge in [-0.15, -0.1) is 0 Å². The van der Waals surface area contributed by atoms with Crippen molar-refractivity contribution in [1.29, 1.82) is 0 Å². The van der Waals surface area contributed by atoms with E-state index in [-0.39, 0.29) is 21.7 Å². The van der Waals surface area contributed by atoms with Gasteiger partial charge in [0.1, 0.15) is 23.3 Å². The minimum absolute atomic E-state index is 0.0322. The smallest absolute Gasteiger partial charge is 0.179 e. The molecule has 0 aromatic heterocycles. The fraction of sp³-hybridized carbons (Fsp3) is 0.250. The maximum atomic E-state index is 9.38. The van der Waals surface area contributed by atoms with Gasteiger partial charge in [0, 0.05) is 0 Å². The molecule has 1 aromatic carbocycles. The first-order valence-electron chi connectivity index (χ1n) is 5.14. The molecule has 1 aliphatic heterocycles. The summed E-state index contributed by atoms with van der Waals surface area (Å²) in [7, 11) is 0. The Morgan fingerprint density at radius 2 is 2.17 bits per heavy atom. The fourth-order valence-electron chi connectivity index (χ4n) is 0.851. The van der Waals surface area contributed by atoms with E-state index in [4.69, 9.17) is 15.0 Å². The van der Waals surface area contributed by atoms with Crippen LogP contribution in [0.15, 0.2) is 16.6 Å². The number of halogens is 1. The Morgan fingerprint density at radius 1 is 1.42 bits per heavy atom. The summed E-state index contributed by atoms with van der Waals surface area (Å²) in [6, 6.07) is 2.60. The summed E-state index contributed by atoms with van der Waals surface area (Å²) in [5, 5.41) is 9.38. The second kappa shape index (κ2) is 2.86. The van der Waals surface area contributed by atoms with Gasteiger partial charge in [0.25, 0.3) is 0 Å². The van der Waals surface area contributed by atoms with E-state index in [1.54, 1.807) is 0 Å². The van der Waals surface area contributed by atoms with Gasteiger partial charge in [0.05, 0.1) is 5.48 Å². The van der Waals surface area contributed by atoms with E-state index in [2.05, 4.69) is 15.9 Å². The molecule has 0 unspecified atom stereocenters. The van der Waals surface area contributed by atoms with Gasteiger partial charge in [-0.3, -0.25) is 0 Å². The van der Waals surface area contributed by atoms with E-state index in [0.29, 0.717) is 0 Å². The van der Waals surface area contributed by atoms with Crippen LogP contribution in [0.1, 0.15) is 5.48 Å². The first kappa shape index (κ1) is 4.37. The van der Waals surface area contributed by atoms with Gasteiger partial charge in [-0.25, -0.2) is 0 Å². The van der Waals surface area contributed by atoms with Crippen molar-refractivity contribution >= 4 is 15.9 Å². The fourth-order valence-corrected chi connectivity index (χ4v) is 1.26. The highest BCUT2D eigenvalue weighted by Crippen LogP contribution is 2.42. The summed E-state index contributed by atoms with van der Waals surface area (Å²) >= 11 is 3.01. The quantitative estimate of drug-likeness (QED) is 0.746. The predicted octanol–water partition coefficient (Wildman–Crippen LogP) is 1.93. The van der Waals surface area contributed by atoms with Crippen LogP contribution in [-0.2, 0) is 0 Å². The van der Waals surface area contributed by atoms with Crippen molar-refractivity contribution in [3.63, 3.8) is 0 Å². The van der Waals surface area contributed by atoms with E-state index in [9.17, 15) is 5.11 Å². The number of benzene rings is 1. The Balaban J connectivity index is 2.56. The molecule has 0 atom stereocenters. The minimum atomic E-state index is -2.63. The number of aromatic hydroxyl groups is 1. The molecule has 2 rings (SSSR count). The Kier molecular flexibility index (Phi) is 1.04. The van der Waals surface area contributed by atoms with Gasteiger partial charge in [-0.1, -0.05) is 0 Å². The molecule has 64 valence electrons. The van der Waals surface area contributed by atoms with Crippen LogP contribution in [0.2, 0.25) is 0 Å². The van der Waals surface area contributed by atoms with Crippen LogP contribution in [0.25, 0.3) is 0 Å². The van der Waals surface area contributed by atoms with Crippen molar-refractivity contribution in [3.8, 4) is 17.2 Å². The van der Waals surface area contributed by atoms with Crippen molar-refractivity contribution in [1.82, 2.24) is 0 Å². The molecule has 1 N–H and O–H groups in total.